The first-order chi connectivity index (χ1) is 13.1. The quantitative estimate of drug-likeness (QED) is 0.309. The lowest BCUT2D eigenvalue weighted by Gasteiger charge is -2.12. The summed E-state index contributed by atoms with van der Waals surface area (Å²) >= 11 is 3.26. The van der Waals surface area contributed by atoms with Crippen LogP contribution in [0.15, 0.2) is 53.8 Å². The molecule has 0 aliphatic carbocycles. The Hall–Kier alpha value is -2.51. The minimum atomic E-state index is -0.332. The number of carbonyl (C=O) groups is 1. The first-order valence-corrected chi connectivity index (χ1v) is 9.11. The summed E-state index contributed by atoms with van der Waals surface area (Å²) in [6.07, 6.45) is 3.25. The maximum atomic E-state index is 14.3. The van der Waals surface area contributed by atoms with Crippen LogP contribution in [-0.4, -0.2) is 35.8 Å². The zero-order valence-electron chi connectivity index (χ0n) is 14.5. The van der Waals surface area contributed by atoms with E-state index in [1.54, 1.807) is 30.5 Å². The molecule has 0 aliphatic rings. The Morgan fingerprint density at radius 2 is 2.15 bits per heavy atom. The lowest BCUT2D eigenvalue weighted by Crippen LogP contribution is -2.14. The largest absolute Gasteiger partial charge is 0.499 e. The Bertz CT molecular complexity index is 971. The van der Waals surface area contributed by atoms with Crippen molar-refractivity contribution in [3.8, 4) is 0 Å². The summed E-state index contributed by atoms with van der Waals surface area (Å²) in [5, 5.41) is 7.71. The summed E-state index contributed by atoms with van der Waals surface area (Å²) in [4.78, 5) is 12.7. The van der Waals surface area contributed by atoms with E-state index in [0.29, 0.717) is 22.2 Å². The third-order valence-corrected chi connectivity index (χ3v) is 4.61. The van der Waals surface area contributed by atoms with Crippen LogP contribution >= 0.6 is 15.9 Å². The van der Waals surface area contributed by atoms with Crippen molar-refractivity contribution in [2.75, 3.05) is 19.8 Å². The molecule has 5 nitrogen and oxygen atoms in total. The number of ketones is 1. The number of fused-ring (bicyclic) bond motifs is 1. The first-order valence-electron chi connectivity index (χ1n) is 8.32. The highest BCUT2D eigenvalue weighted by Gasteiger charge is 2.17. The molecule has 140 valence electrons. The summed E-state index contributed by atoms with van der Waals surface area (Å²) in [5.74, 6) is -0.509. The average molecular weight is 433 g/mol. The van der Waals surface area contributed by atoms with Crippen LogP contribution in [0.3, 0.4) is 0 Å². The molecule has 0 saturated heterocycles. The molecule has 0 fully saturated rings. The van der Waals surface area contributed by atoms with Gasteiger partial charge in [0.05, 0.1) is 24.6 Å². The highest BCUT2D eigenvalue weighted by atomic mass is 79.9. The molecule has 1 aromatic heterocycles. The molecule has 0 unspecified atom stereocenters. The zero-order valence-corrected chi connectivity index (χ0v) is 16.1. The van der Waals surface area contributed by atoms with Gasteiger partial charge in [0.1, 0.15) is 19.0 Å². The number of ether oxygens (including phenoxy) is 2. The molecule has 2 aromatic carbocycles. The molecule has 0 amide bonds. The number of aromatic nitrogens is 2. The Morgan fingerprint density at radius 1 is 1.30 bits per heavy atom. The second-order valence-electron chi connectivity index (χ2n) is 5.85. The maximum absolute atomic E-state index is 14.3. The number of H-pyrrole nitrogens is 1. The van der Waals surface area contributed by atoms with Crippen LogP contribution in [0.25, 0.3) is 10.9 Å². The molecule has 1 N–H and O–H groups in total. The molecule has 3 rings (SSSR count). The highest BCUT2D eigenvalue weighted by molar-refractivity contribution is 9.10. The fraction of sp³-hybridized carbons (Fsp3) is 0.200. The van der Waals surface area contributed by atoms with E-state index in [1.807, 2.05) is 0 Å². The maximum Gasteiger partial charge on any atom is 0.188 e. The fourth-order valence-electron chi connectivity index (χ4n) is 2.82. The van der Waals surface area contributed by atoms with E-state index >= 15 is 0 Å². The summed E-state index contributed by atoms with van der Waals surface area (Å²) in [7, 11) is 0. The van der Waals surface area contributed by atoms with Gasteiger partial charge in [-0.3, -0.25) is 9.89 Å². The van der Waals surface area contributed by atoms with Crippen LogP contribution in [0.1, 0.15) is 21.5 Å². The number of aromatic amines is 1. The van der Waals surface area contributed by atoms with E-state index in [2.05, 4.69) is 32.7 Å². The molecule has 0 saturated carbocycles. The second kappa shape index (κ2) is 8.92. The van der Waals surface area contributed by atoms with Gasteiger partial charge in [0.15, 0.2) is 5.78 Å². The van der Waals surface area contributed by atoms with E-state index < -0.39 is 0 Å². The van der Waals surface area contributed by atoms with Crippen LogP contribution < -0.4 is 0 Å². The molecule has 7 heteroatoms. The summed E-state index contributed by atoms with van der Waals surface area (Å²) in [6, 6.07) is 8.40. The SMILES string of the molecule is C=COCCOCC(=O)c1ccc2[nH]ncc2c1Cc1ccc(Br)cc1F. The molecule has 0 atom stereocenters. The number of benzene rings is 2. The molecule has 1 heterocycles. The number of carbonyl (C=O) groups excluding carboxylic acids is 1. The van der Waals surface area contributed by atoms with Gasteiger partial charge in [0.25, 0.3) is 0 Å². The Labute approximate surface area is 164 Å². The van der Waals surface area contributed by atoms with Crippen LogP contribution in [0.4, 0.5) is 4.39 Å². The Balaban J connectivity index is 1.87. The third-order valence-electron chi connectivity index (χ3n) is 4.12. The number of halogens is 2. The number of hydrogen-bond donors (Lipinski definition) is 1. The number of nitrogens with one attached hydrogen (secondary N) is 1. The van der Waals surface area contributed by atoms with Crippen molar-refractivity contribution in [1.82, 2.24) is 10.2 Å². The average Bonchev–Trinajstić information content (AvgIpc) is 3.13. The van der Waals surface area contributed by atoms with Gasteiger partial charge < -0.3 is 9.47 Å². The predicted octanol–water partition coefficient (Wildman–Crippen LogP) is 4.41. The minimum Gasteiger partial charge on any atom is -0.499 e. The first kappa shape index (κ1) is 19.3. The lowest BCUT2D eigenvalue weighted by atomic mass is 9.94. The molecule has 0 spiro atoms. The van der Waals surface area contributed by atoms with Crippen LogP contribution in [0, 0.1) is 5.82 Å². The van der Waals surface area contributed by atoms with Crippen molar-refractivity contribution in [2.45, 2.75) is 6.42 Å². The molecule has 3 aromatic rings. The van der Waals surface area contributed by atoms with E-state index in [9.17, 15) is 9.18 Å². The number of nitrogens with zero attached hydrogens (tertiary/aromatic N) is 1. The van der Waals surface area contributed by atoms with Crippen molar-refractivity contribution in [3.05, 3.63) is 76.3 Å². The van der Waals surface area contributed by atoms with E-state index in [0.717, 1.165) is 16.5 Å². The highest BCUT2D eigenvalue weighted by Crippen LogP contribution is 2.26. The Kier molecular flexibility index (Phi) is 6.36. The van der Waals surface area contributed by atoms with Crippen molar-refractivity contribution in [3.63, 3.8) is 0 Å². The van der Waals surface area contributed by atoms with Gasteiger partial charge in [-0.2, -0.15) is 5.10 Å². The van der Waals surface area contributed by atoms with Crippen LogP contribution in [-0.2, 0) is 15.9 Å². The molecule has 0 bridgehead atoms. The van der Waals surface area contributed by atoms with E-state index in [1.165, 1.54) is 12.3 Å². The molecular formula is C20H18BrFN2O3. The second-order valence-corrected chi connectivity index (χ2v) is 6.76. The van der Waals surface area contributed by atoms with Crippen molar-refractivity contribution in [1.29, 1.82) is 0 Å². The van der Waals surface area contributed by atoms with Gasteiger partial charge >= 0.3 is 0 Å². The van der Waals surface area contributed by atoms with E-state index in [-0.39, 0.29) is 31.2 Å². The molecule has 0 radical (unpaired) electrons. The van der Waals surface area contributed by atoms with Crippen molar-refractivity contribution >= 4 is 32.6 Å². The zero-order chi connectivity index (χ0) is 19.2. The standard InChI is InChI=1S/C20H18BrFN2O3/c1-2-26-7-8-27-12-20(25)15-5-6-19-17(11-23-24-19)16(15)9-13-3-4-14(21)10-18(13)22/h2-6,10-11H,1,7-9,12H2,(H,23,24). The van der Waals surface area contributed by atoms with E-state index in [4.69, 9.17) is 9.47 Å². The van der Waals surface area contributed by atoms with Crippen molar-refractivity contribution in [2.24, 2.45) is 0 Å². The van der Waals surface area contributed by atoms with Gasteiger partial charge in [-0.1, -0.05) is 28.6 Å². The number of Topliss-reactive ketones (excluding diaryl/α,β-unsaturated/α-hetero) is 1. The normalized spacial score (nSPS) is 10.9. The Morgan fingerprint density at radius 3 is 2.93 bits per heavy atom. The molecule has 27 heavy (non-hydrogen) atoms. The third kappa shape index (κ3) is 4.61. The molecular weight excluding hydrogens is 415 g/mol. The van der Waals surface area contributed by atoms with Gasteiger partial charge in [-0.15, -0.1) is 0 Å². The summed E-state index contributed by atoms with van der Waals surface area (Å²) < 4.78 is 25.3. The number of hydrogen-bond acceptors (Lipinski definition) is 4. The van der Waals surface area contributed by atoms with Crippen LogP contribution in [0.5, 0.6) is 0 Å². The summed E-state index contributed by atoms with van der Waals surface area (Å²) in [5.41, 5.74) is 2.51. The van der Waals surface area contributed by atoms with Gasteiger partial charge in [0, 0.05) is 21.8 Å². The van der Waals surface area contributed by atoms with Crippen molar-refractivity contribution < 1.29 is 18.7 Å². The van der Waals surface area contributed by atoms with Gasteiger partial charge in [-0.25, -0.2) is 4.39 Å². The smallest absolute Gasteiger partial charge is 0.188 e. The fourth-order valence-corrected chi connectivity index (χ4v) is 3.15. The summed E-state index contributed by atoms with van der Waals surface area (Å²) in [6.45, 7) is 3.97. The minimum absolute atomic E-state index is 0.0836. The van der Waals surface area contributed by atoms with Gasteiger partial charge in [0.2, 0.25) is 0 Å². The topological polar surface area (TPSA) is 64.2 Å². The lowest BCUT2D eigenvalue weighted by molar-refractivity contribution is 0.0638. The van der Waals surface area contributed by atoms with Gasteiger partial charge in [-0.05, 0) is 35.4 Å². The predicted molar refractivity (Wildman–Crippen MR) is 104 cm³/mol. The molecule has 0 aliphatic heterocycles. The van der Waals surface area contributed by atoms with Crippen LogP contribution in [0.2, 0.25) is 0 Å². The number of rotatable bonds is 9. The monoisotopic (exact) mass is 432 g/mol.